The summed E-state index contributed by atoms with van der Waals surface area (Å²) in [4.78, 5) is 110. The molecule has 84 heavy (non-hydrogen) atoms. The van der Waals surface area contributed by atoms with E-state index >= 15 is 0 Å². The molecular formula is C69H104O15. The van der Waals surface area contributed by atoms with Crippen molar-refractivity contribution >= 4 is 53.7 Å². The van der Waals surface area contributed by atoms with Crippen LogP contribution in [0.25, 0.3) is 0 Å². The van der Waals surface area contributed by atoms with Gasteiger partial charge in [-0.2, -0.15) is 0 Å². The number of hydrogen-bond acceptors (Lipinski definition) is 15. The Morgan fingerprint density at radius 1 is 0.417 bits per heavy atom. The number of allylic oxidation sites excluding steroid dienone is 12. The lowest BCUT2D eigenvalue weighted by Crippen LogP contribution is -2.30. The summed E-state index contributed by atoms with van der Waals surface area (Å²) in [5.74, 6) is -5.06. The highest BCUT2D eigenvalue weighted by atomic mass is 16.6. The maximum Gasteiger partial charge on any atom is 0.317 e. The molecule has 3 rings (SSSR count). The van der Waals surface area contributed by atoms with Crippen LogP contribution in [0.1, 0.15) is 252 Å². The van der Waals surface area contributed by atoms with E-state index in [2.05, 4.69) is 44.2 Å². The van der Waals surface area contributed by atoms with Crippen molar-refractivity contribution in [1.29, 1.82) is 0 Å². The molecule has 15 heteroatoms. The third-order valence-corrected chi connectivity index (χ3v) is 16.0. The van der Waals surface area contributed by atoms with Gasteiger partial charge < -0.3 is 28.4 Å². The zero-order valence-electron chi connectivity index (χ0n) is 51.5. The second-order valence-electron chi connectivity index (χ2n) is 23.1. The largest absolute Gasteiger partial charge is 0.462 e. The lowest BCUT2D eigenvalue weighted by molar-refractivity contribution is -0.167. The number of unbranched alkanes of at least 4 members (excludes halogenated alkanes) is 21. The van der Waals surface area contributed by atoms with Crippen LogP contribution in [0, 0.1) is 35.5 Å². The summed E-state index contributed by atoms with van der Waals surface area (Å²) in [6.07, 6.45) is 53.1. The van der Waals surface area contributed by atoms with Crippen LogP contribution in [0.5, 0.6) is 0 Å². The standard InChI is InChI=1S/C69H104O15/c1-4-7-9-10-26-35-44-56(60-51-66(75)84-69(60)78)45-37-29-24-25-32-40-48-63(72)81-57(52-79-61(70)46-38-30-22-18-14-12-11-13-16-20-27-34-41-54(6-3)58-49-64(73)82-67(58)76)53-80-62(71)47-39-31-23-19-15-17-21-28-36-43-55(42-33-8-5-2)59-50-65(74)83-68(59)77/h11,13,20-21,27-28,34,36-37,41,43,45,54-60H,4-10,12,14-19,22-26,29-33,35,38-40,42,44,46-53H2,1-3H3/b13-11-,27-20-,28-21-,41-34+,43-36+,45-37+. The van der Waals surface area contributed by atoms with Crippen molar-refractivity contribution < 1.29 is 71.6 Å². The fourth-order valence-corrected chi connectivity index (χ4v) is 10.9. The van der Waals surface area contributed by atoms with Gasteiger partial charge in [0.2, 0.25) is 0 Å². The molecule has 0 saturated carbocycles. The molecule has 0 aromatic rings. The minimum Gasteiger partial charge on any atom is -0.462 e. The van der Waals surface area contributed by atoms with Gasteiger partial charge in [0, 0.05) is 19.3 Å². The van der Waals surface area contributed by atoms with Gasteiger partial charge in [-0.3, -0.25) is 43.2 Å². The van der Waals surface area contributed by atoms with E-state index in [4.69, 9.17) is 28.4 Å². The monoisotopic (exact) mass is 1170 g/mol. The fraction of sp³-hybridized carbons (Fsp3) is 0.696. The molecule has 3 aliphatic heterocycles. The van der Waals surface area contributed by atoms with E-state index in [0.717, 1.165) is 148 Å². The normalized spacial score (nSPS) is 19.0. The van der Waals surface area contributed by atoms with Crippen LogP contribution in [0.2, 0.25) is 0 Å². The van der Waals surface area contributed by atoms with E-state index in [1.165, 1.54) is 25.7 Å². The molecule has 0 amide bonds. The highest BCUT2D eigenvalue weighted by Crippen LogP contribution is 2.32. The Kier molecular flexibility index (Phi) is 40.2. The summed E-state index contributed by atoms with van der Waals surface area (Å²) in [6, 6.07) is 0. The summed E-state index contributed by atoms with van der Waals surface area (Å²) < 4.78 is 31.2. The Labute approximate surface area is 503 Å². The van der Waals surface area contributed by atoms with Gasteiger partial charge in [-0.1, -0.05) is 203 Å². The SMILES string of the molecule is CCCCCCCCC(/C=C/CCCCCCC(=O)OC(COC(=O)CCCCCCC/C=C\C=C\C(CCCCC)C1CC(=O)OC1=O)COC(=O)CCCCCCC/C=C\C/C=C\C=C\C(CC)C1CC(=O)OC1=O)C1CC(=O)OC1=O. The van der Waals surface area contributed by atoms with Crippen LogP contribution in [0.4, 0.5) is 0 Å². The molecule has 0 aromatic heterocycles. The second kappa shape index (κ2) is 46.5. The quantitative estimate of drug-likeness (QED) is 0.0139. The van der Waals surface area contributed by atoms with Crippen molar-refractivity contribution in [2.45, 2.75) is 258 Å². The van der Waals surface area contributed by atoms with Crippen molar-refractivity contribution in [2.24, 2.45) is 35.5 Å². The number of rotatable bonds is 50. The molecule has 15 nitrogen and oxygen atoms in total. The smallest absolute Gasteiger partial charge is 0.317 e. The molecular weight excluding hydrogens is 1070 g/mol. The Morgan fingerprint density at radius 3 is 1.31 bits per heavy atom. The lowest BCUT2D eigenvalue weighted by atomic mass is 9.86. The van der Waals surface area contributed by atoms with Gasteiger partial charge >= 0.3 is 53.7 Å². The molecule has 3 fully saturated rings. The average Bonchev–Trinajstić information content (AvgIpc) is 4.23. The van der Waals surface area contributed by atoms with E-state index in [-0.39, 0.29) is 69.5 Å². The van der Waals surface area contributed by atoms with Crippen molar-refractivity contribution in [2.75, 3.05) is 13.2 Å². The first-order chi connectivity index (χ1) is 40.8. The Morgan fingerprint density at radius 2 is 0.810 bits per heavy atom. The Hall–Kier alpha value is -5.73. The van der Waals surface area contributed by atoms with Crippen molar-refractivity contribution in [1.82, 2.24) is 0 Å². The van der Waals surface area contributed by atoms with E-state index < -0.39 is 77.6 Å². The number of cyclic esters (lactones) is 6. The zero-order chi connectivity index (χ0) is 60.8. The first kappa shape index (κ1) is 72.5. The Bertz CT molecular complexity index is 2150. The summed E-state index contributed by atoms with van der Waals surface area (Å²) in [5, 5.41) is 0. The van der Waals surface area contributed by atoms with Gasteiger partial charge in [0.05, 0.1) is 37.0 Å². The highest BCUT2D eigenvalue weighted by Gasteiger charge is 2.39. The van der Waals surface area contributed by atoms with Crippen molar-refractivity contribution in [3.63, 3.8) is 0 Å². The minimum atomic E-state index is -0.920. The maximum absolute atomic E-state index is 13.1. The molecule has 7 atom stereocenters. The lowest BCUT2D eigenvalue weighted by Gasteiger charge is -2.18. The first-order valence-corrected chi connectivity index (χ1v) is 32.6. The molecule has 0 aliphatic carbocycles. The topological polar surface area (TPSA) is 209 Å². The minimum absolute atomic E-state index is 0.00976. The number of ether oxygens (including phenoxy) is 6. The van der Waals surface area contributed by atoms with Crippen LogP contribution < -0.4 is 0 Å². The van der Waals surface area contributed by atoms with Crippen LogP contribution in [-0.4, -0.2) is 73.0 Å². The molecule has 0 spiro atoms. The molecule has 0 aromatic carbocycles. The molecule has 0 N–H and O–H groups in total. The number of carbonyl (C=O) groups is 9. The fourth-order valence-electron chi connectivity index (χ4n) is 10.9. The van der Waals surface area contributed by atoms with E-state index in [1.54, 1.807) is 0 Å². The first-order valence-electron chi connectivity index (χ1n) is 32.6. The van der Waals surface area contributed by atoms with Crippen LogP contribution in [-0.2, 0) is 71.6 Å². The number of esters is 9. The highest BCUT2D eigenvalue weighted by molar-refractivity contribution is 5.96. The number of carbonyl (C=O) groups excluding carboxylic acids is 9. The van der Waals surface area contributed by atoms with Crippen molar-refractivity contribution in [3.05, 3.63) is 72.9 Å². The third-order valence-electron chi connectivity index (χ3n) is 16.0. The van der Waals surface area contributed by atoms with Crippen LogP contribution in [0.3, 0.4) is 0 Å². The van der Waals surface area contributed by atoms with E-state index in [0.29, 0.717) is 19.3 Å². The molecule has 470 valence electrons. The van der Waals surface area contributed by atoms with Gasteiger partial charge in [0.25, 0.3) is 0 Å². The van der Waals surface area contributed by atoms with E-state index in [9.17, 15) is 43.2 Å². The van der Waals surface area contributed by atoms with Gasteiger partial charge in [-0.15, -0.1) is 0 Å². The predicted molar refractivity (Wildman–Crippen MR) is 324 cm³/mol. The number of hydrogen-bond donors (Lipinski definition) is 0. The average molecular weight is 1170 g/mol. The summed E-state index contributed by atoms with van der Waals surface area (Å²) >= 11 is 0. The van der Waals surface area contributed by atoms with Crippen LogP contribution in [0.15, 0.2) is 72.9 Å². The Balaban J connectivity index is 1.36. The summed E-state index contributed by atoms with van der Waals surface area (Å²) in [5.41, 5.74) is 0. The molecule has 0 bridgehead atoms. The predicted octanol–water partition coefficient (Wildman–Crippen LogP) is 15.4. The second-order valence-corrected chi connectivity index (χ2v) is 23.1. The molecule has 7 unspecified atom stereocenters. The van der Waals surface area contributed by atoms with Gasteiger partial charge in [-0.05, 0) is 101 Å². The molecule has 3 aliphatic rings. The summed E-state index contributed by atoms with van der Waals surface area (Å²) in [6.45, 7) is 5.92. The van der Waals surface area contributed by atoms with Gasteiger partial charge in [0.15, 0.2) is 6.10 Å². The van der Waals surface area contributed by atoms with Crippen molar-refractivity contribution in [3.8, 4) is 0 Å². The molecule has 3 heterocycles. The van der Waals surface area contributed by atoms with Gasteiger partial charge in [-0.25, -0.2) is 0 Å². The summed E-state index contributed by atoms with van der Waals surface area (Å²) in [7, 11) is 0. The molecule has 3 saturated heterocycles. The van der Waals surface area contributed by atoms with E-state index in [1.807, 2.05) is 49.5 Å². The third kappa shape index (κ3) is 33.7. The zero-order valence-corrected chi connectivity index (χ0v) is 51.5. The van der Waals surface area contributed by atoms with Crippen LogP contribution >= 0.6 is 0 Å². The maximum atomic E-state index is 13.1. The molecule has 0 radical (unpaired) electrons. The van der Waals surface area contributed by atoms with Gasteiger partial charge in [0.1, 0.15) is 13.2 Å².